The molecule has 0 radical (unpaired) electrons. The molecule has 0 saturated heterocycles. The first kappa shape index (κ1) is 16.0. The monoisotopic (exact) mass is 324 g/mol. The molecule has 0 fully saturated rings. The molecule has 0 saturated carbocycles. The minimum Gasteiger partial charge on any atom is -0.312 e. The fraction of sp³-hybridized carbons (Fsp3) is 0.333. The van der Waals surface area contributed by atoms with Gasteiger partial charge in [0.25, 0.3) is 10.0 Å². The molecule has 2 aromatic rings. The van der Waals surface area contributed by atoms with Gasteiger partial charge >= 0.3 is 0 Å². The molecule has 4 nitrogen and oxygen atoms in total. The molecule has 0 aliphatic heterocycles. The van der Waals surface area contributed by atoms with Gasteiger partial charge in [-0.05, 0) is 42.6 Å². The number of anilines is 1. The van der Waals surface area contributed by atoms with Gasteiger partial charge in [-0.15, -0.1) is 11.3 Å². The summed E-state index contributed by atoms with van der Waals surface area (Å²) in [6, 6.07) is 9.17. The van der Waals surface area contributed by atoms with Gasteiger partial charge in [0.15, 0.2) is 0 Å². The second kappa shape index (κ2) is 6.60. The summed E-state index contributed by atoms with van der Waals surface area (Å²) in [5.74, 6) is 0. The molecule has 1 aromatic heterocycles. The number of sulfonamides is 1. The number of nitrogens with zero attached hydrogens (tertiary/aromatic N) is 1. The number of thiophene rings is 1. The third-order valence-electron chi connectivity index (χ3n) is 3.24. The quantitative estimate of drug-likeness (QED) is 0.888. The molecule has 0 amide bonds. The normalized spacial score (nSPS) is 11.6. The van der Waals surface area contributed by atoms with Crippen molar-refractivity contribution in [2.24, 2.45) is 0 Å². The van der Waals surface area contributed by atoms with Crippen LogP contribution in [0.25, 0.3) is 0 Å². The molecular weight excluding hydrogens is 304 g/mol. The maximum absolute atomic E-state index is 12.8. The van der Waals surface area contributed by atoms with Crippen LogP contribution in [0.3, 0.4) is 0 Å². The smallest absolute Gasteiger partial charge is 0.265 e. The van der Waals surface area contributed by atoms with Gasteiger partial charge in [-0.2, -0.15) is 0 Å². The van der Waals surface area contributed by atoms with E-state index in [1.165, 1.54) is 15.6 Å². The molecule has 2 rings (SSSR count). The highest BCUT2D eigenvalue weighted by Gasteiger charge is 2.25. The first-order valence-corrected chi connectivity index (χ1v) is 9.11. The van der Waals surface area contributed by atoms with E-state index in [4.69, 9.17) is 0 Å². The van der Waals surface area contributed by atoms with Crippen LogP contribution in [-0.4, -0.2) is 22.0 Å². The Kier molecular flexibility index (Phi) is 5.03. The van der Waals surface area contributed by atoms with Crippen LogP contribution < -0.4 is 9.62 Å². The Morgan fingerprint density at radius 2 is 2.05 bits per heavy atom. The van der Waals surface area contributed by atoms with Gasteiger partial charge in [-0.25, -0.2) is 8.42 Å². The van der Waals surface area contributed by atoms with Gasteiger partial charge in [-0.3, -0.25) is 4.31 Å². The number of hydrogen-bond acceptors (Lipinski definition) is 4. The zero-order valence-electron chi connectivity index (χ0n) is 12.5. The largest absolute Gasteiger partial charge is 0.312 e. The summed E-state index contributed by atoms with van der Waals surface area (Å²) in [6.45, 7) is 5.33. The summed E-state index contributed by atoms with van der Waals surface area (Å²) >= 11 is 1.46. The lowest BCUT2D eigenvalue weighted by atomic mass is 10.2. The SMILES string of the molecule is CCNCc1sccc1S(=O)(=O)N(C)c1cccc(C)c1. The first-order valence-electron chi connectivity index (χ1n) is 6.79. The lowest BCUT2D eigenvalue weighted by Gasteiger charge is -2.20. The lowest BCUT2D eigenvalue weighted by Crippen LogP contribution is -2.27. The summed E-state index contributed by atoms with van der Waals surface area (Å²) in [7, 11) is -1.93. The average molecular weight is 324 g/mol. The van der Waals surface area contributed by atoms with Crippen molar-refractivity contribution in [1.82, 2.24) is 5.32 Å². The van der Waals surface area contributed by atoms with Gasteiger partial charge in [0.1, 0.15) is 4.90 Å². The Morgan fingerprint density at radius 3 is 2.71 bits per heavy atom. The van der Waals surface area contributed by atoms with E-state index in [9.17, 15) is 8.42 Å². The molecule has 0 aliphatic carbocycles. The first-order chi connectivity index (χ1) is 9.96. The van der Waals surface area contributed by atoms with E-state index in [2.05, 4.69) is 5.32 Å². The standard InChI is InChI=1S/C15H20N2O2S2/c1-4-16-11-14-15(8-9-20-14)21(18,19)17(3)13-7-5-6-12(2)10-13/h5-10,16H,4,11H2,1-3H3. The minimum atomic E-state index is -3.52. The second-order valence-corrected chi connectivity index (χ2v) is 7.74. The molecule has 1 heterocycles. The third-order valence-corrected chi connectivity index (χ3v) is 6.16. The van der Waals surface area contributed by atoms with Crippen LogP contribution in [0.2, 0.25) is 0 Å². The van der Waals surface area contributed by atoms with Crippen molar-refractivity contribution in [3.8, 4) is 0 Å². The Labute approximate surface area is 130 Å². The minimum absolute atomic E-state index is 0.387. The summed E-state index contributed by atoms with van der Waals surface area (Å²) in [5.41, 5.74) is 1.71. The second-order valence-electron chi connectivity index (χ2n) is 4.80. The van der Waals surface area contributed by atoms with E-state index in [0.717, 1.165) is 17.0 Å². The van der Waals surface area contributed by atoms with Gasteiger partial charge in [-0.1, -0.05) is 19.1 Å². The predicted molar refractivity (Wildman–Crippen MR) is 88.5 cm³/mol. The van der Waals surface area contributed by atoms with Crippen molar-refractivity contribution in [2.75, 3.05) is 17.9 Å². The molecule has 1 aromatic carbocycles. The zero-order chi connectivity index (χ0) is 15.5. The molecule has 0 atom stereocenters. The molecule has 0 spiro atoms. The van der Waals surface area contributed by atoms with Crippen molar-refractivity contribution >= 4 is 27.0 Å². The van der Waals surface area contributed by atoms with Crippen molar-refractivity contribution in [3.63, 3.8) is 0 Å². The zero-order valence-corrected chi connectivity index (χ0v) is 14.1. The predicted octanol–water partition coefficient (Wildman–Crippen LogP) is 2.99. The molecule has 6 heteroatoms. The van der Waals surface area contributed by atoms with Gasteiger partial charge in [0.05, 0.1) is 5.69 Å². The maximum Gasteiger partial charge on any atom is 0.265 e. The molecule has 114 valence electrons. The van der Waals surface area contributed by atoms with Crippen LogP contribution in [0, 0.1) is 6.92 Å². The number of benzene rings is 1. The number of hydrogen-bond donors (Lipinski definition) is 1. The Morgan fingerprint density at radius 1 is 1.29 bits per heavy atom. The number of nitrogens with one attached hydrogen (secondary N) is 1. The van der Waals surface area contributed by atoms with Crippen molar-refractivity contribution in [1.29, 1.82) is 0 Å². The maximum atomic E-state index is 12.8. The van der Waals surface area contributed by atoms with E-state index in [0.29, 0.717) is 17.1 Å². The Hall–Kier alpha value is -1.37. The van der Waals surface area contributed by atoms with E-state index >= 15 is 0 Å². The van der Waals surface area contributed by atoms with E-state index in [-0.39, 0.29) is 0 Å². The van der Waals surface area contributed by atoms with E-state index in [1.807, 2.05) is 37.4 Å². The van der Waals surface area contributed by atoms with E-state index < -0.39 is 10.0 Å². The van der Waals surface area contributed by atoms with Crippen molar-refractivity contribution in [2.45, 2.75) is 25.3 Å². The summed E-state index contributed by atoms with van der Waals surface area (Å²) in [5, 5.41) is 5.00. The number of aryl methyl sites for hydroxylation is 1. The van der Waals surface area contributed by atoms with Crippen LogP contribution in [0.15, 0.2) is 40.6 Å². The van der Waals surface area contributed by atoms with Crippen LogP contribution in [-0.2, 0) is 16.6 Å². The van der Waals surface area contributed by atoms with Crippen LogP contribution >= 0.6 is 11.3 Å². The highest BCUT2D eigenvalue weighted by molar-refractivity contribution is 7.93. The number of rotatable bonds is 6. The summed E-state index contributed by atoms with van der Waals surface area (Å²) in [4.78, 5) is 1.23. The fourth-order valence-corrected chi connectivity index (χ4v) is 4.61. The summed E-state index contributed by atoms with van der Waals surface area (Å²) < 4.78 is 26.9. The average Bonchev–Trinajstić information content (AvgIpc) is 2.93. The third kappa shape index (κ3) is 3.45. The molecule has 1 N–H and O–H groups in total. The van der Waals surface area contributed by atoms with Crippen LogP contribution in [0.4, 0.5) is 5.69 Å². The van der Waals surface area contributed by atoms with Crippen LogP contribution in [0.5, 0.6) is 0 Å². The van der Waals surface area contributed by atoms with Gasteiger partial charge in [0.2, 0.25) is 0 Å². The van der Waals surface area contributed by atoms with Gasteiger partial charge < -0.3 is 5.32 Å². The molecule has 0 aliphatic rings. The Bertz CT molecular complexity index is 708. The van der Waals surface area contributed by atoms with Crippen molar-refractivity contribution < 1.29 is 8.42 Å². The molecule has 0 bridgehead atoms. The highest BCUT2D eigenvalue weighted by atomic mass is 32.2. The molecule has 0 unspecified atom stereocenters. The molecule has 21 heavy (non-hydrogen) atoms. The summed E-state index contributed by atoms with van der Waals surface area (Å²) in [6.07, 6.45) is 0. The Balaban J connectivity index is 2.36. The topological polar surface area (TPSA) is 49.4 Å². The lowest BCUT2D eigenvalue weighted by molar-refractivity contribution is 0.592. The van der Waals surface area contributed by atoms with E-state index in [1.54, 1.807) is 19.2 Å². The highest BCUT2D eigenvalue weighted by Crippen LogP contribution is 2.28. The van der Waals surface area contributed by atoms with Crippen molar-refractivity contribution in [3.05, 3.63) is 46.2 Å². The van der Waals surface area contributed by atoms with Gasteiger partial charge in [0, 0.05) is 18.5 Å². The molecular formula is C15H20N2O2S2. The fourth-order valence-electron chi connectivity index (χ4n) is 2.04. The van der Waals surface area contributed by atoms with Crippen LogP contribution in [0.1, 0.15) is 17.4 Å².